The van der Waals surface area contributed by atoms with Gasteiger partial charge in [0.15, 0.2) is 0 Å². The molecular formula is C12H25ClN2. The molecule has 2 unspecified atom stereocenters. The van der Waals surface area contributed by atoms with Gasteiger partial charge >= 0.3 is 0 Å². The molecule has 1 rings (SSSR count). The molecule has 90 valence electrons. The summed E-state index contributed by atoms with van der Waals surface area (Å²) in [5.74, 6) is 1.58. The van der Waals surface area contributed by atoms with E-state index in [1.807, 2.05) is 0 Å². The number of piperazine rings is 1. The summed E-state index contributed by atoms with van der Waals surface area (Å²) in [4.78, 5) is 5.04. The van der Waals surface area contributed by atoms with E-state index in [1.54, 1.807) is 0 Å². The Morgan fingerprint density at radius 2 is 2.07 bits per heavy atom. The molecule has 2 atom stereocenters. The molecule has 0 aromatic carbocycles. The maximum atomic E-state index is 5.75. The third-order valence-electron chi connectivity index (χ3n) is 3.48. The van der Waals surface area contributed by atoms with Crippen LogP contribution in [0, 0.1) is 5.92 Å². The third-order valence-corrected chi connectivity index (χ3v) is 3.70. The fourth-order valence-electron chi connectivity index (χ4n) is 2.23. The molecule has 1 aliphatic rings. The van der Waals surface area contributed by atoms with Gasteiger partial charge in [0.1, 0.15) is 0 Å². The summed E-state index contributed by atoms with van der Waals surface area (Å²) in [6.45, 7) is 9.54. The summed E-state index contributed by atoms with van der Waals surface area (Å²) in [6, 6.07) is 0.715. The molecule has 15 heavy (non-hydrogen) atoms. The Bertz CT molecular complexity index is 175. The second-order valence-electron chi connectivity index (χ2n) is 5.02. The number of halogens is 1. The van der Waals surface area contributed by atoms with E-state index in [-0.39, 0.29) is 0 Å². The molecular weight excluding hydrogens is 208 g/mol. The smallest absolute Gasteiger partial charge is 0.0225 e. The quantitative estimate of drug-likeness (QED) is 0.672. The SMILES string of the molecule is CC(CCCl)CCN1CCN(C)CC1C. The first-order valence-corrected chi connectivity index (χ1v) is 6.65. The van der Waals surface area contributed by atoms with Gasteiger partial charge in [-0.25, -0.2) is 0 Å². The summed E-state index contributed by atoms with van der Waals surface area (Å²) < 4.78 is 0. The largest absolute Gasteiger partial charge is 0.304 e. The van der Waals surface area contributed by atoms with Gasteiger partial charge in [0.05, 0.1) is 0 Å². The minimum absolute atomic E-state index is 0.715. The number of alkyl halides is 1. The first-order valence-electron chi connectivity index (χ1n) is 6.12. The van der Waals surface area contributed by atoms with Crippen molar-refractivity contribution in [2.75, 3.05) is 39.1 Å². The van der Waals surface area contributed by atoms with Crippen molar-refractivity contribution in [1.29, 1.82) is 0 Å². The first-order chi connectivity index (χ1) is 7.13. The van der Waals surface area contributed by atoms with Gasteiger partial charge in [0, 0.05) is 31.6 Å². The van der Waals surface area contributed by atoms with Crippen LogP contribution in [-0.2, 0) is 0 Å². The van der Waals surface area contributed by atoms with Crippen molar-refractivity contribution in [2.24, 2.45) is 5.92 Å². The van der Waals surface area contributed by atoms with Crippen LogP contribution in [-0.4, -0.2) is 54.9 Å². The Balaban J connectivity index is 2.20. The highest BCUT2D eigenvalue weighted by molar-refractivity contribution is 6.17. The van der Waals surface area contributed by atoms with Crippen LogP contribution in [0.4, 0.5) is 0 Å². The Labute approximate surface area is 99.6 Å². The van der Waals surface area contributed by atoms with Gasteiger partial charge in [0.25, 0.3) is 0 Å². The van der Waals surface area contributed by atoms with E-state index in [1.165, 1.54) is 32.6 Å². The zero-order chi connectivity index (χ0) is 11.3. The summed E-state index contributed by atoms with van der Waals surface area (Å²) in [5, 5.41) is 0. The predicted molar refractivity (Wildman–Crippen MR) is 67.7 cm³/mol. The summed E-state index contributed by atoms with van der Waals surface area (Å²) in [7, 11) is 2.21. The van der Waals surface area contributed by atoms with Crippen molar-refractivity contribution in [3.05, 3.63) is 0 Å². The number of nitrogens with zero attached hydrogens (tertiary/aromatic N) is 2. The van der Waals surface area contributed by atoms with Crippen LogP contribution < -0.4 is 0 Å². The fourth-order valence-corrected chi connectivity index (χ4v) is 2.60. The van der Waals surface area contributed by atoms with E-state index in [9.17, 15) is 0 Å². The lowest BCUT2D eigenvalue weighted by molar-refractivity contribution is 0.0950. The monoisotopic (exact) mass is 232 g/mol. The maximum absolute atomic E-state index is 5.75. The van der Waals surface area contributed by atoms with Gasteiger partial charge in [-0.2, -0.15) is 0 Å². The van der Waals surface area contributed by atoms with Crippen molar-refractivity contribution in [2.45, 2.75) is 32.7 Å². The van der Waals surface area contributed by atoms with Crippen molar-refractivity contribution in [3.8, 4) is 0 Å². The molecule has 0 bridgehead atoms. The van der Waals surface area contributed by atoms with Crippen molar-refractivity contribution < 1.29 is 0 Å². The molecule has 0 aromatic heterocycles. The van der Waals surface area contributed by atoms with Crippen LogP contribution in [0.25, 0.3) is 0 Å². The lowest BCUT2D eigenvalue weighted by atomic mass is 10.0. The Kier molecular flexibility index (Phi) is 5.95. The van der Waals surface area contributed by atoms with E-state index >= 15 is 0 Å². The van der Waals surface area contributed by atoms with Gasteiger partial charge in [-0.3, -0.25) is 4.90 Å². The topological polar surface area (TPSA) is 6.48 Å². The molecule has 0 N–H and O–H groups in total. The second-order valence-corrected chi connectivity index (χ2v) is 5.40. The molecule has 2 nitrogen and oxygen atoms in total. The minimum atomic E-state index is 0.715. The fraction of sp³-hybridized carbons (Fsp3) is 1.00. The summed E-state index contributed by atoms with van der Waals surface area (Å²) >= 11 is 5.75. The average Bonchev–Trinajstić information content (AvgIpc) is 2.17. The average molecular weight is 233 g/mol. The van der Waals surface area contributed by atoms with Crippen molar-refractivity contribution in [1.82, 2.24) is 9.80 Å². The number of hydrogen-bond donors (Lipinski definition) is 0. The van der Waals surface area contributed by atoms with E-state index < -0.39 is 0 Å². The highest BCUT2D eigenvalue weighted by Crippen LogP contribution is 2.13. The van der Waals surface area contributed by atoms with Crippen LogP contribution in [0.15, 0.2) is 0 Å². The molecule has 0 saturated carbocycles. The van der Waals surface area contributed by atoms with E-state index in [4.69, 9.17) is 11.6 Å². The Hall–Kier alpha value is 0.210. The van der Waals surface area contributed by atoms with Crippen LogP contribution in [0.5, 0.6) is 0 Å². The minimum Gasteiger partial charge on any atom is -0.304 e. The zero-order valence-corrected chi connectivity index (χ0v) is 11.1. The molecule has 0 spiro atoms. The summed E-state index contributed by atoms with van der Waals surface area (Å²) in [5.41, 5.74) is 0. The molecule has 3 heteroatoms. The van der Waals surface area contributed by atoms with E-state index in [2.05, 4.69) is 30.7 Å². The lowest BCUT2D eigenvalue weighted by Gasteiger charge is -2.38. The highest BCUT2D eigenvalue weighted by Gasteiger charge is 2.21. The van der Waals surface area contributed by atoms with Crippen LogP contribution in [0.2, 0.25) is 0 Å². The van der Waals surface area contributed by atoms with Gasteiger partial charge in [-0.1, -0.05) is 6.92 Å². The van der Waals surface area contributed by atoms with Crippen molar-refractivity contribution >= 4 is 11.6 Å². The zero-order valence-electron chi connectivity index (χ0n) is 10.4. The maximum Gasteiger partial charge on any atom is 0.0225 e. The molecule has 0 amide bonds. The van der Waals surface area contributed by atoms with Crippen LogP contribution in [0.3, 0.4) is 0 Å². The molecule has 1 aliphatic heterocycles. The van der Waals surface area contributed by atoms with Crippen LogP contribution in [0.1, 0.15) is 26.7 Å². The predicted octanol–water partition coefficient (Wildman–Crippen LogP) is 2.28. The number of likely N-dealkylation sites (N-methyl/N-ethyl adjacent to an activating group) is 1. The van der Waals surface area contributed by atoms with Gasteiger partial charge in [-0.15, -0.1) is 11.6 Å². The van der Waals surface area contributed by atoms with E-state index in [0.29, 0.717) is 6.04 Å². The highest BCUT2D eigenvalue weighted by atomic mass is 35.5. The van der Waals surface area contributed by atoms with Gasteiger partial charge < -0.3 is 4.90 Å². The third kappa shape index (κ3) is 4.71. The molecule has 0 aromatic rings. The van der Waals surface area contributed by atoms with Gasteiger partial charge in [-0.05, 0) is 39.3 Å². The molecule has 0 radical (unpaired) electrons. The van der Waals surface area contributed by atoms with Crippen LogP contribution >= 0.6 is 11.6 Å². The van der Waals surface area contributed by atoms with Crippen molar-refractivity contribution in [3.63, 3.8) is 0 Å². The Morgan fingerprint density at radius 3 is 2.67 bits per heavy atom. The number of hydrogen-bond acceptors (Lipinski definition) is 2. The summed E-state index contributed by atoms with van der Waals surface area (Å²) in [6.07, 6.45) is 2.45. The van der Waals surface area contributed by atoms with E-state index in [0.717, 1.165) is 18.2 Å². The molecule has 1 fully saturated rings. The molecule has 0 aliphatic carbocycles. The molecule has 1 heterocycles. The standard InChI is InChI=1S/C12H25ClN2/c1-11(4-6-13)5-7-15-9-8-14(3)10-12(15)2/h11-12H,4-10H2,1-3H3. The first kappa shape index (κ1) is 13.3. The molecule has 1 saturated heterocycles. The number of rotatable bonds is 5. The van der Waals surface area contributed by atoms with Gasteiger partial charge in [0.2, 0.25) is 0 Å². The Morgan fingerprint density at radius 1 is 1.33 bits per heavy atom. The normalized spacial score (nSPS) is 26.8. The second kappa shape index (κ2) is 6.72. The lowest BCUT2D eigenvalue weighted by Crippen LogP contribution is -2.50.